The summed E-state index contributed by atoms with van der Waals surface area (Å²) >= 11 is 5.89. The molecule has 0 saturated heterocycles. The minimum absolute atomic E-state index is 0.167. The Morgan fingerprint density at radius 3 is 3.06 bits per heavy atom. The number of carbonyl (C=O) groups is 1. The van der Waals surface area contributed by atoms with Crippen LogP contribution in [0, 0.1) is 0 Å². The molecule has 0 radical (unpaired) electrons. The summed E-state index contributed by atoms with van der Waals surface area (Å²) in [5, 5.41) is 4.18. The summed E-state index contributed by atoms with van der Waals surface area (Å²) in [4.78, 5) is 15.9. The number of carbonyl (C=O) groups excluding carboxylic acids is 1. The predicted molar refractivity (Wildman–Crippen MR) is 69.3 cm³/mol. The van der Waals surface area contributed by atoms with E-state index >= 15 is 0 Å². The van der Waals surface area contributed by atoms with Crippen molar-refractivity contribution in [2.75, 3.05) is 6.54 Å². The lowest BCUT2D eigenvalue weighted by Gasteiger charge is -2.03. The third kappa shape index (κ3) is 2.63. The summed E-state index contributed by atoms with van der Waals surface area (Å²) in [5.41, 5.74) is 1.33. The zero-order valence-electron chi connectivity index (χ0n) is 9.11. The van der Waals surface area contributed by atoms with Crippen LogP contribution in [0.4, 0.5) is 0 Å². The van der Waals surface area contributed by atoms with E-state index in [2.05, 4.69) is 16.9 Å². The lowest BCUT2D eigenvalue weighted by atomic mass is 10.1. The second kappa shape index (κ2) is 4.97. The molecule has 2 aromatic rings. The first kappa shape index (κ1) is 11.6. The van der Waals surface area contributed by atoms with E-state index in [0.717, 1.165) is 10.9 Å². The van der Waals surface area contributed by atoms with Gasteiger partial charge in [0.25, 0.3) is 5.91 Å². The molecule has 0 fully saturated rings. The van der Waals surface area contributed by atoms with Crippen molar-refractivity contribution < 1.29 is 4.79 Å². The van der Waals surface area contributed by atoms with Crippen LogP contribution in [0.3, 0.4) is 0 Å². The molecule has 0 atom stereocenters. The van der Waals surface area contributed by atoms with Crippen molar-refractivity contribution in [3.63, 3.8) is 0 Å². The van der Waals surface area contributed by atoms with E-state index in [1.54, 1.807) is 30.5 Å². The van der Waals surface area contributed by atoms with Gasteiger partial charge >= 0.3 is 0 Å². The van der Waals surface area contributed by atoms with E-state index in [0.29, 0.717) is 17.1 Å². The van der Waals surface area contributed by atoms with Gasteiger partial charge in [-0.05, 0) is 24.3 Å². The number of hydrogen-bond acceptors (Lipinski definition) is 2. The van der Waals surface area contributed by atoms with Crippen molar-refractivity contribution in [2.24, 2.45) is 0 Å². The van der Waals surface area contributed by atoms with Crippen LogP contribution in [0.1, 0.15) is 10.4 Å². The molecule has 0 saturated carbocycles. The summed E-state index contributed by atoms with van der Waals surface area (Å²) in [6.07, 6.45) is 3.18. The van der Waals surface area contributed by atoms with Crippen LogP contribution < -0.4 is 5.32 Å². The molecule has 2 rings (SSSR count). The highest BCUT2D eigenvalue weighted by Crippen LogP contribution is 2.18. The van der Waals surface area contributed by atoms with Gasteiger partial charge in [0.15, 0.2) is 0 Å². The molecule has 1 heterocycles. The predicted octanol–water partition coefficient (Wildman–Crippen LogP) is 2.80. The summed E-state index contributed by atoms with van der Waals surface area (Å²) < 4.78 is 0. The SMILES string of the molecule is C=CCNC(=O)c1cnc2ccc(Cl)cc2c1. The standard InChI is InChI=1S/C13H11ClN2O/c1-2-5-15-13(17)10-6-9-7-11(14)3-4-12(9)16-8-10/h2-4,6-8H,1,5H2,(H,15,17). The van der Waals surface area contributed by atoms with Crippen LogP contribution >= 0.6 is 11.6 Å². The first-order valence-corrected chi connectivity index (χ1v) is 5.53. The number of nitrogens with zero attached hydrogens (tertiary/aromatic N) is 1. The summed E-state index contributed by atoms with van der Waals surface area (Å²) in [6, 6.07) is 7.15. The Morgan fingerprint density at radius 2 is 2.29 bits per heavy atom. The highest BCUT2D eigenvalue weighted by Gasteiger charge is 2.06. The average molecular weight is 247 g/mol. The van der Waals surface area contributed by atoms with Crippen LogP contribution in [0.2, 0.25) is 5.02 Å². The fraction of sp³-hybridized carbons (Fsp3) is 0.0769. The van der Waals surface area contributed by atoms with Gasteiger partial charge in [0.1, 0.15) is 0 Å². The largest absolute Gasteiger partial charge is 0.349 e. The van der Waals surface area contributed by atoms with Crippen LogP contribution in [0.25, 0.3) is 10.9 Å². The Kier molecular flexibility index (Phi) is 3.40. The van der Waals surface area contributed by atoms with Gasteiger partial charge in [0.05, 0.1) is 11.1 Å². The summed E-state index contributed by atoms with van der Waals surface area (Å²) in [5.74, 6) is -0.167. The second-order valence-corrected chi connectivity index (χ2v) is 4.00. The number of rotatable bonds is 3. The third-order valence-electron chi connectivity index (χ3n) is 2.31. The van der Waals surface area contributed by atoms with Crippen molar-refractivity contribution in [3.05, 3.63) is 53.7 Å². The van der Waals surface area contributed by atoms with E-state index < -0.39 is 0 Å². The van der Waals surface area contributed by atoms with E-state index in [9.17, 15) is 4.79 Å². The van der Waals surface area contributed by atoms with Gasteiger partial charge in [-0.1, -0.05) is 17.7 Å². The molecular weight excluding hydrogens is 236 g/mol. The number of pyridine rings is 1. The first-order chi connectivity index (χ1) is 8.20. The zero-order chi connectivity index (χ0) is 12.3. The molecule has 0 unspecified atom stereocenters. The maximum absolute atomic E-state index is 11.7. The molecule has 0 aliphatic rings. The molecule has 0 aliphatic heterocycles. The number of nitrogens with one attached hydrogen (secondary N) is 1. The number of benzene rings is 1. The van der Waals surface area contributed by atoms with Gasteiger partial charge in [0, 0.05) is 23.2 Å². The Morgan fingerprint density at radius 1 is 1.47 bits per heavy atom. The third-order valence-corrected chi connectivity index (χ3v) is 2.55. The average Bonchev–Trinajstić information content (AvgIpc) is 2.35. The van der Waals surface area contributed by atoms with Crippen molar-refractivity contribution in [1.82, 2.24) is 10.3 Å². The monoisotopic (exact) mass is 246 g/mol. The van der Waals surface area contributed by atoms with E-state index in [1.807, 2.05) is 6.07 Å². The highest BCUT2D eigenvalue weighted by atomic mass is 35.5. The second-order valence-electron chi connectivity index (χ2n) is 3.56. The minimum Gasteiger partial charge on any atom is -0.349 e. The smallest absolute Gasteiger partial charge is 0.253 e. The van der Waals surface area contributed by atoms with Crippen LogP contribution in [-0.2, 0) is 0 Å². The molecule has 86 valence electrons. The molecule has 0 aliphatic carbocycles. The maximum Gasteiger partial charge on any atom is 0.253 e. The van der Waals surface area contributed by atoms with Crippen LogP contribution in [-0.4, -0.2) is 17.4 Å². The lowest BCUT2D eigenvalue weighted by Crippen LogP contribution is -2.23. The topological polar surface area (TPSA) is 42.0 Å². The molecule has 17 heavy (non-hydrogen) atoms. The number of fused-ring (bicyclic) bond motifs is 1. The molecule has 1 amide bonds. The first-order valence-electron chi connectivity index (χ1n) is 5.15. The molecule has 1 aromatic heterocycles. The maximum atomic E-state index is 11.7. The Bertz CT molecular complexity index is 581. The van der Waals surface area contributed by atoms with Crippen molar-refractivity contribution >= 4 is 28.4 Å². The zero-order valence-corrected chi connectivity index (χ0v) is 9.87. The number of halogens is 1. The number of hydrogen-bond donors (Lipinski definition) is 1. The molecule has 1 N–H and O–H groups in total. The molecule has 0 bridgehead atoms. The summed E-state index contributed by atoms with van der Waals surface area (Å²) in [6.45, 7) is 3.98. The van der Waals surface area contributed by atoms with Gasteiger partial charge in [-0.25, -0.2) is 0 Å². The van der Waals surface area contributed by atoms with Crippen molar-refractivity contribution in [2.45, 2.75) is 0 Å². The van der Waals surface area contributed by atoms with Gasteiger partial charge in [-0.2, -0.15) is 0 Å². The summed E-state index contributed by atoms with van der Waals surface area (Å²) in [7, 11) is 0. The van der Waals surface area contributed by atoms with E-state index in [1.165, 1.54) is 0 Å². The molecular formula is C13H11ClN2O. The van der Waals surface area contributed by atoms with Gasteiger partial charge < -0.3 is 5.32 Å². The van der Waals surface area contributed by atoms with Gasteiger partial charge in [-0.15, -0.1) is 6.58 Å². The quantitative estimate of drug-likeness (QED) is 0.847. The van der Waals surface area contributed by atoms with Crippen molar-refractivity contribution in [1.29, 1.82) is 0 Å². The minimum atomic E-state index is -0.167. The van der Waals surface area contributed by atoms with Crippen LogP contribution in [0.5, 0.6) is 0 Å². The van der Waals surface area contributed by atoms with Crippen LogP contribution in [0.15, 0.2) is 43.1 Å². The molecule has 1 aromatic carbocycles. The Balaban J connectivity index is 2.36. The fourth-order valence-corrected chi connectivity index (χ4v) is 1.67. The van der Waals surface area contributed by atoms with Gasteiger partial charge in [0.2, 0.25) is 0 Å². The van der Waals surface area contributed by atoms with Gasteiger partial charge in [-0.3, -0.25) is 9.78 Å². The number of amides is 1. The highest BCUT2D eigenvalue weighted by molar-refractivity contribution is 6.31. The number of aromatic nitrogens is 1. The van der Waals surface area contributed by atoms with Crippen molar-refractivity contribution in [3.8, 4) is 0 Å². The molecule has 4 heteroatoms. The van der Waals surface area contributed by atoms with E-state index in [4.69, 9.17) is 11.6 Å². The van der Waals surface area contributed by atoms with E-state index in [-0.39, 0.29) is 5.91 Å². The fourth-order valence-electron chi connectivity index (χ4n) is 1.49. The molecule has 0 spiro atoms. The lowest BCUT2D eigenvalue weighted by molar-refractivity contribution is 0.0958. The molecule has 3 nitrogen and oxygen atoms in total. The Hall–Kier alpha value is -1.87. The normalized spacial score (nSPS) is 10.2. The Labute approximate surface area is 104 Å².